The van der Waals surface area contributed by atoms with Gasteiger partial charge in [-0.05, 0) is 33.2 Å². The first-order valence-corrected chi connectivity index (χ1v) is 6.21. The van der Waals surface area contributed by atoms with Gasteiger partial charge in [0.15, 0.2) is 0 Å². The minimum Gasteiger partial charge on any atom is -0.377 e. The van der Waals surface area contributed by atoms with Crippen LogP contribution in [0.15, 0.2) is 0 Å². The van der Waals surface area contributed by atoms with Gasteiger partial charge >= 0.3 is 0 Å². The third-order valence-corrected chi connectivity index (χ3v) is 3.56. The molecule has 2 rings (SSSR count). The first kappa shape index (κ1) is 11.9. The second-order valence-corrected chi connectivity index (χ2v) is 5.40. The number of amides is 1. The summed E-state index contributed by atoms with van der Waals surface area (Å²) in [6.07, 6.45) is 2.14. The molecule has 0 aliphatic carbocycles. The average molecular weight is 226 g/mol. The highest BCUT2D eigenvalue weighted by atomic mass is 16.5. The number of ether oxygens (including phenoxy) is 1. The van der Waals surface area contributed by atoms with E-state index in [0.717, 1.165) is 32.5 Å². The molecule has 0 aromatic rings. The maximum atomic E-state index is 12.4. The van der Waals surface area contributed by atoms with E-state index in [-0.39, 0.29) is 11.5 Å². The molecule has 2 aliphatic rings. The normalized spacial score (nSPS) is 30.1. The Kier molecular flexibility index (Phi) is 3.50. The number of carbonyl (C=O) groups excluding carboxylic acids is 1. The molecule has 2 aliphatic heterocycles. The largest absolute Gasteiger partial charge is 0.377 e. The molecule has 0 radical (unpaired) electrons. The summed E-state index contributed by atoms with van der Waals surface area (Å²) in [5.74, 6) is 0.478. The van der Waals surface area contributed by atoms with Crippen LogP contribution >= 0.6 is 0 Å². The third kappa shape index (κ3) is 2.38. The number of carbonyl (C=O) groups is 1. The number of piperidine rings is 1. The molecule has 1 amide bonds. The number of nitrogens with one attached hydrogen (secondary N) is 1. The van der Waals surface area contributed by atoms with Gasteiger partial charge in [0.2, 0.25) is 5.91 Å². The lowest BCUT2D eigenvalue weighted by atomic mass is 9.94. The highest BCUT2D eigenvalue weighted by Gasteiger charge is 2.37. The highest BCUT2D eigenvalue weighted by molar-refractivity contribution is 5.80. The third-order valence-electron chi connectivity index (χ3n) is 3.56. The Balaban J connectivity index is 2.01. The van der Waals surface area contributed by atoms with Crippen molar-refractivity contribution in [1.82, 2.24) is 10.2 Å². The average Bonchev–Trinajstić information content (AvgIpc) is 2.29. The van der Waals surface area contributed by atoms with E-state index in [4.69, 9.17) is 4.74 Å². The Morgan fingerprint density at radius 3 is 2.94 bits per heavy atom. The van der Waals surface area contributed by atoms with Crippen molar-refractivity contribution < 1.29 is 9.53 Å². The van der Waals surface area contributed by atoms with Crippen molar-refractivity contribution in [2.45, 2.75) is 32.2 Å². The Labute approximate surface area is 97.3 Å². The fourth-order valence-corrected chi connectivity index (χ4v) is 2.55. The van der Waals surface area contributed by atoms with Crippen LogP contribution in [0.5, 0.6) is 0 Å². The van der Waals surface area contributed by atoms with Gasteiger partial charge in [-0.25, -0.2) is 0 Å². The van der Waals surface area contributed by atoms with Crippen molar-refractivity contribution >= 4 is 5.91 Å². The summed E-state index contributed by atoms with van der Waals surface area (Å²) in [7, 11) is 0. The number of rotatable bonds is 1. The molecule has 0 saturated carbocycles. The molecule has 0 unspecified atom stereocenters. The Bertz CT molecular complexity index is 260. The molecule has 92 valence electrons. The lowest BCUT2D eigenvalue weighted by molar-refractivity contribution is -0.151. The predicted octanol–water partition coefficient (Wildman–Crippen LogP) is 0.623. The number of hydrogen-bond acceptors (Lipinski definition) is 3. The highest BCUT2D eigenvalue weighted by Crippen LogP contribution is 2.23. The molecule has 0 bridgehead atoms. The van der Waals surface area contributed by atoms with Gasteiger partial charge in [-0.1, -0.05) is 0 Å². The fourth-order valence-electron chi connectivity index (χ4n) is 2.55. The first-order valence-electron chi connectivity index (χ1n) is 6.21. The lowest BCUT2D eigenvalue weighted by Crippen LogP contribution is -2.58. The van der Waals surface area contributed by atoms with Crippen LogP contribution in [0.4, 0.5) is 0 Å². The van der Waals surface area contributed by atoms with Crippen molar-refractivity contribution in [3.8, 4) is 0 Å². The summed E-state index contributed by atoms with van der Waals surface area (Å²) in [6, 6.07) is 0. The van der Waals surface area contributed by atoms with Crippen LogP contribution in [0.25, 0.3) is 0 Å². The van der Waals surface area contributed by atoms with Crippen LogP contribution in [-0.4, -0.2) is 49.2 Å². The van der Waals surface area contributed by atoms with Crippen LogP contribution in [0.1, 0.15) is 26.7 Å². The molecule has 4 nitrogen and oxygen atoms in total. The second kappa shape index (κ2) is 4.72. The Morgan fingerprint density at radius 2 is 2.31 bits per heavy atom. The maximum absolute atomic E-state index is 12.4. The van der Waals surface area contributed by atoms with E-state index in [9.17, 15) is 4.79 Å². The molecule has 0 aromatic carbocycles. The maximum Gasteiger partial charge on any atom is 0.227 e. The van der Waals surface area contributed by atoms with Crippen molar-refractivity contribution in [3.63, 3.8) is 0 Å². The summed E-state index contributed by atoms with van der Waals surface area (Å²) < 4.78 is 5.44. The molecule has 2 heterocycles. The summed E-state index contributed by atoms with van der Waals surface area (Å²) >= 11 is 0. The lowest BCUT2D eigenvalue weighted by Gasteiger charge is -2.44. The van der Waals surface area contributed by atoms with Crippen LogP contribution in [0.3, 0.4) is 0 Å². The van der Waals surface area contributed by atoms with Crippen LogP contribution in [-0.2, 0) is 9.53 Å². The monoisotopic (exact) mass is 226 g/mol. The summed E-state index contributed by atoms with van der Waals surface area (Å²) in [6.45, 7) is 8.12. The van der Waals surface area contributed by atoms with Crippen molar-refractivity contribution in [2.75, 3.05) is 32.8 Å². The Hall–Kier alpha value is -0.610. The SMILES string of the molecule is CC1(C)COCCN1C(=O)[C@@H]1CCCNC1. The van der Waals surface area contributed by atoms with E-state index in [0.29, 0.717) is 19.1 Å². The standard InChI is InChI=1S/C12H22N2O2/c1-12(2)9-16-7-6-14(12)11(15)10-4-3-5-13-8-10/h10,13H,3-9H2,1-2H3/t10-/m1/s1. The molecule has 16 heavy (non-hydrogen) atoms. The van der Waals surface area contributed by atoms with Gasteiger partial charge in [-0.3, -0.25) is 4.79 Å². The quantitative estimate of drug-likeness (QED) is 0.713. The van der Waals surface area contributed by atoms with Crippen molar-refractivity contribution in [1.29, 1.82) is 0 Å². The summed E-state index contributed by atoms with van der Waals surface area (Å²) in [5.41, 5.74) is -0.146. The Morgan fingerprint density at radius 1 is 1.50 bits per heavy atom. The van der Waals surface area contributed by atoms with Gasteiger partial charge in [0, 0.05) is 13.1 Å². The van der Waals surface area contributed by atoms with Gasteiger partial charge in [0.1, 0.15) is 0 Å². The smallest absolute Gasteiger partial charge is 0.227 e. The minimum atomic E-state index is -0.146. The molecule has 0 spiro atoms. The number of morpholine rings is 1. The molecule has 0 aromatic heterocycles. The number of hydrogen-bond donors (Lipinski definition) is 1. The summed E-state index contributed by atoms with van der Waals surface area (Å²) in [5, 5.41) is 3.30. The van der Waals surface area contributed by atoms with Crippen molar-refractivity contribution in [3.05, 3.63) is 0 Å². The van der Waals surface area contributed by atoms with Crippen LogP contribution in [0.2, 0.25) is 0 Å². The van der Waals surface area contributed by atoms with E-state index in [1.54, 1.807) is 0 Å². The van der Waals surface area contributed by atoms with Gasteiger partial charge in [0.05, 0.1) is 24.7 Å². The summed E-state index contributed by atoms with van der Waals surface area (Å²) in [4.78, 5) is 14.4. The van der Waals surface area contributed by atoms with Gasteiger partial charge in [-0.15, -0.1) is 0 Å². The predicted molar refractivity (Wildman–Crippen MR) is 62.2 cm³/mol. The van der Waals surface area contributed by atoms with Crippen molar-refractivity contribution in [2.24, 2.45) is 5.92 Å². The fraction of sp³-hybridized carbons (Fsp3) is 0.917. The number of nitrogens with zero attached hydrogens (tertiary/aromatic N) is 1. The van der Waals surface area contributed by atoms with Crippen LogP contribution in [0, 0.1) is 5.92 Å². The van der Waals surface area contributed by atoms with E-state index in [1.165, 1.54) is 0 Å². The molecule has 2 fully saturated rings. The van der Waals surface area contributed by atoms with E-state index < -0.39 is 0 Å². The van der Waals surface area contributed by atoms with Gasteiger partial charge < -0.3 is 15.0 Å². The van der Waals surface area contributed by atoms with E-state index in [1.807, 2.05) is 4.90 Å². The first-order chi connectivity index (χ1) is 7.61. The second-order valence-electron chi connectivity index (χ2n) is 5.40. The van der Waals surface area contributed by atoms with Crippen LogP contribution < -0.4 is 5.32 Å². The molecule has 2 saturated heterocycles. The van der Waals surface area contributed by atoms with E-state index in [2.05, 4.69) is 19.2 Å². The molecule has 1 atom stereocenters. The molecular weight excluding hydrogens is 204 g/mol. The molecule has 1 N–H and O–H groups in total. The zero-order valence-corrected chi connectivity index (χ0v) is 10.3. The minimum absolute atomic E-state index is 0.146. The zero-order chi connectivity index (χ0) is 11.6. The van der Waals surface area contributed by atoms with Gasteiger partial charge in [-0.2, -0.15) is 0 Å². The molecule has 4 heteroatoms. The topological polar surface area (TPSA) is 41.6 Å². The molecular formula is C12H22N2O2. The van der Waals surface area contributed by atoms with E-state index >= 15 is 0 Å². The zero-order valence-electron chi connectivity index (χ0n) is 10.3. The van der Waals surface area contributed by atoms with Gasteiger partial charge in [0.25, 0.3) is 0 Å².